The zero-order valence-corrected chi connectivity index (χ0v) is 33.4. The number of alkyl halides is 6. The van der Waals surface area contributed by atoms with E-state index in [1.54, 1.807) is 23.6 Å². The Morgan fingerprint density at radius 1 is 1.00 bits per heavy atom. The Morgan fingerprint density at radius 2 is 1.70 bits per heavy atom. The number of hydrogen-bond acceptors (Lipinski definition) is 10. The van der Waals surface area contributed by atoms with Crippen molar-refractivity contribution in [1.29, 1.82) is 5.26 Å². The minimum atomic E-state index is -4.83. The van der Waals surface area contributed by atoms with Gasteiger partial charge in [-0.2, -0.15) is 31.6 Å². The van der Waals surface area contributed by atoms with Gasteiger partial charge in [-0.05, 0) is 94.6 Å². The molecule has 2 aromatic rings. The van der Waals surface area contributed by atoms with Gasteiger partial charge in [0.25, 0.3) is 5.91 Å². The maximum absolute atomic E-state index is 14.4. The van der Waals surface area contributed by atoms with E-state index in [2.05, 4.69) is 16.0 Å². The van der Waals surface area contributed by atoms with E-state index in [4.69, 9.17) is 17.0 Å². The first kappa shape index (κ1) is 44.6. The van der Waals surface area contributed by atoms with Crippen molar-refractivity contribution in [3.8, 4) is 6.07 Å². The number of hydrogen-bond donors (Lipinski definition) is 3. The van der Waals surface area contributed by atoms with Crippen molar-refractivity contribution in [2.24, 2.45) is 0 Å². The average molecular weight is 869 g/mol. The molecule has 1 aliphatic carbocycles. The molecule has 0 spiro atoms. The fourth-order valence-corrected chi connectivity index (χ4v) is 8.78. The van der Waals surface area contributed by atoms with Crippen LogP contribution >= 0.6 is 12.2 Å². The molecule has 6 rings (SSSR count). The fraction of sp³-hybridized carbons (Fsp3) is 0.538. The van der Waals surface area contributed by atoms with Gasteiger partial charge in [0.15, 0.2) is 5.11 Å². The number of nitriles is 1. The maximum atomic E-state index is 14.4. The van der Waals surface area contributed by atoms with Gasteiger partial charge in [0.2, 0.25) is 17.7 Å². The van der Waals surface area contributed by atoms with E-state index in [0.717, 1.165) is 34.1 Å². The zero-order chi connectivity index (χ0) is 43.7. The van der Waals surface area contributed by atoms with Crippen LogP contribution in [0.25, 0.3) is 0 Å². The molecule has 13 nitrogen and oxygen atoms in total. The fourth-order valence-electron chi connectivity index (χ4n) is 8.22. The topological polar surface area (TPSA) is 150 Å². The first-order chi connectivity index (χ1) is 28.1. The lowest BCUT2D eigenvalue weighted by Gasteiger charge is -2.42. The van der Waals surface area contributed by atoms with Gasteiger partial charge >= 0.3 is 12.4 Å². The normalized spacial score (nSPS) is 24.3. The van der Waals surface area contributed by atoms with Gasteiger partial charge < -0.3 is 20.3 Å². The van der Waals surface area contributed by atoms with Crippen molar-refractivity contribution in [3.05, 3.63) is 53.3 Å². The second-order valence-corrected chi connectivity index (χ2v) is 16.1. The number of imide groups is 1. The van der Waals surface area contributed by atoms with Crippen LogP contribution in [0.3, 0.4) is 0 Å². The second-order valence-electron chi connectivity index (χ2n) is 15.7. The summed E-state index contributed by atoms with van der Waals surface area (Å²) in [5.41, 5.74) is -2.93. The molecule has 0 bridgehead atoms. The maximum Gasteiger partial charge on any atom is 0.417 e. The Bertz CT molecular complexity index is 2050. The minimum Gasteiger partial charge on any atom is -0.377 e. The molecule has 60 heavy (non-hydrogen) atoms. The predicted molar refractivity (Wildman–Crippen MR) is 207 cm³/mol. The third-order valence-electron chi connectivity index (χ3n) is 11.2. The number of thiocarbonyl (C=S) groups is 1. The summed E-state index contributed by atoms with van der Waals surface area (Å²) in [5, 5.41) is 16.7. The molecular formula is C39H43F7N8O5S. The number of nitrogens with zero attached hydrogens (tertiary/aromatic N) is 5. The Morgan fingerprint density at radius 3 is 2.35 bits per heavy atom. The predicted octanol–water partition coefficient (Wildman–Crippen LogP) is 5.16. The monoisotopic (exact) mass is 868 g/mol. The first-order valence-electron chi connectivity index (χ1n) is 19.3. The number of carbonyl (C=O) groups is 4. The molecule has 2 aromatic carbocycles. The van der Waals surface area contributed by atoms with Crippen LogP contribution in [0.1, 0.15) is 63.5 Å². The number of ether oxygens (including phenoxy) is 1. The smallest absolute Gasteiger partial charge is 0.377 e. The summed E-state index contributed by atoms with van der Waals surface area (Å²) >= 11 is 5.66. The number of halogens is 7. The van der Waals surface area contributed by atoms with E-state index in [9.17, 15) is 55.2 Å². The van der Waals surface area contributed by atoms with Gasteiger partial charge in [0.1, 0.15) is 23.4 Å². The standard InChI is InChI=1S/C39H43F7N8O5S/c1-37(2)35(58)53(27-4-3-22(19-47)29(18-27)38(41,42)43)36(60)54(37)26-5-7-28(8-6-26)59-14-13-51-11-12-52(31(20-51)39(44,45)46)21-33(56)49-25-16-23(40)15-24(17-25)48-30-9-10-32(55)50-34(30)57/h3-4,15-18,26,28,30-31,48H,5-14,20-21H2,1-2H3,(H,49,56)(H,50,55,57)/t26-,28-,30?,31-/m1/s1. The number of nitrogens with one attached hydrogen (secondary N) is 3. The van der Waals surface area contributed by atoms with Crippen molar-refractivity contribution in [1.82, 2.24) is 20.0 Å². The highest BCUT2D eigenvalue weighted by atomic mass is 32.1. The molecule has 4 fully saturated rings. The number of piperazine rings is 1. The summed E-state index contributed by atoms with van der Waals surface area (Å²) in [7, 11) is 0. The lowest BCUT2D eigenvalue weighted by Crippen LogP contribution is -2.60. The van der Waals surface area contributed by atoms with Gasteiger partial charge in [-0.1, -0.05) is 0 Å². The molecule has 0 radical (unpaired) electrons. The molecular weight excluding hydrogens is 826 g/mol. The molecule has 4 aliphatic rings. The Kier molecular flexibility index (Phi) is 13.1. The molecule has 3 saturated heterocycles. The average Bonchev–Trinajstić information content (AvgIpc) is 3.34. The zero-order valence-electron chi connectivity index (χ0n) is 32.6. The third kappa shape index (κ3) is 9.99. The number of rotatable bonds is 11. The van der Waals surface area contributed by atoms with Crippen LogP contribution in [0, 0.1) is 17.1 Å². The number of benzene rings is 2. The number of carbonyl (C=O) groups excluding carboxylic acids is 4. The van der Waals surface area contributed by atoms with Crippen molar-refractivity contribution in [3.63, 3.8) is 0 Å². The SMILES string of the molecule is CC1(C)C(=O)N(c2ccc(C#N)c(C(F)(F)F)c2)C(=S)N1[C@H]1CC[C@H](OCCN2CCN(CC(=O)Nc3cc(F)cc(NC4CCC(=O)NC4=O)c3)[C@@H](C(F)(F)F)C2)CC1. The quantitative estimate of drug-likeness (QED) is 0.156. The third-order valence-corrected chi connectivity index (χ3v) is 11.6. The van der Waals surface area contributed by atoms with E-state index < -0.39 is 83.6 Å². The van der Waals surface area contributed by atoms with E-state index >= 15 is 0 Å². The highest BCUT2D eigenvalue weighted by Crippen LogP contribution is 2.41. The lowest BCUT2D eigenvalue weighted by atomic mass is 9.89. The molecule has 3 aliphatic heterocycles. The van der Waals surface area contributed by atoms with Gasteiger partial charge in [0.05, 0.1) is 42.1 Å². The highest BCUT2D eigenvalue weighted by Gasteiger charge is 2.53. The Labute approximate surface area is 346 Å². The number of amides is 4. The lowest BCUT2D eigenvalue weighted by molar-refractivity contribution is -0.197. The van der Waals surface area contributed by atoms with Crippen molar-refractivity contribution in [2.45, 2.75) is 94.5 Å². The van der Waals surface area contributed by atoms with E-state index in [-0.39, 0.29) is 73.4 Å². The van der Waals surface area contributed by atoms with Gasteiger partial charge in [-0.3, -0.25) is 39.2 Å². The molecule has 2 atom stereocenters. The molecule has 3 heterocycles. The summed E-state index contributed by atoms with van der Waals surface area (Å²) in [6.45, 7) is 2.70. The number of anilines is 3. The van der Waals surface area contributed by atoms with Crippen molar-refractivity contribution >= 4 is 58.0 Å². The van der Waals surface area contributed by atoms with Crippen LogP contribution in [0.5, 0.6) is 0 Å². The molecule has 21 heteroatoms. The van der Waals surface area contributed by atoms with Crippen LogP contribution in [-0.2, 0) is 30.1 Å². The second kappa shape index (κ2) is 17.6. The summed E-state index contributed by atoms with van der Waals surface area (Å²) in [6, 6.07) is 4.93. The van der Waals surface area contributed by atoms with E-state index in [0.29, 0.717) is 25.7 Å². The largest absolute Gasteiger partial charge is 0.417 e. The summed E-state index contributed by atoms with van der Waals surface area (Å²) in [5.74, 6) is -3.10. The van der Waals surface area contributed by atoms with Gasteiger partial charge in [0, 0.05) is 50.0 Å². The molecule has 1 saturated carbocycles. The molecule has 324 valence electrons. The van der Waals surface area contributed by atoms with Crippen LogP contribution < -0.4 is 20.9 Å². The molecule has 0 aromatic heterocycles. The summed E-state index contributed by atoms with van der Waals surface area (Å²) in [4.78, 5) is 55.5. The summed E-state index contributed by atoms with van der Waals surface area (Å²) < 4.78 is 105. The van der Waals surface area contributed by atoms with Crippen LogP contribution in [-0.4, -0.2) is 119 Å². The van der Waals surface area contributed by atoms with Gasteiger partial charge in [-0.25, -0.2) is 4.39 Å². The van der Waals surface area contributed by atoms with E-state index in [1.807, 2.05) is 0 Å². The van der Waals surface area contributed by atoms with Gasteiger partial charge in [-0.15, -0.1) is 0 Å². The minimum absolute atomic E-state index is 0.0310. The van der Waals surface area contributed by atoms with Crippen LogP contribution in [0.2, 0.25) is 0 Å². The van der Waals surface area contributed by atoms with Crippen molar-refractivity contribution < 1.29 is 54.6 Å². The molecule has 1 unspecified atom stereocenters. The molecule has 4 amide bonds. The van der Waals surface area contributed by atoms with Crippen LogP contribution in [0.4, 0.5) is 47.8 Å². The van der Waals surface area contributed by atoms with E-state index in [1.165, 1.54) is 18.2 Å². The molecule has 3 N–H and O–H groups in total. The highest BCUT2D eigenvalue weighted by molar-refractivity contribution is 7.80. The summed E-state index contributed by atoms with van der Waals surface area (Å²) in [6.07, 6.45) is -7.34. The van der Waals surface area contributed by atoms with Crippen LogP contribution in [0.15, 0.2) is 36.4 Å². The number of piperidine rings is 1. The first-order valence-corrected chi connectivity index (χ1v) is 19.7. The van der Waals surface area contributed by atoms with Crippen molar-refractivity contribution in [2.75, 3.05) is 54.9 Å². The Hall–Kier alpha value is -4.91. The Balaban J connectivity index is 0.980.